The van der Waals surface area contributed by atoms with Crippen LogP contribution in [0, 0.1) is 0 Å². The fourth-order valence-corrected chi connectivity index (χ4v) is 2.55. The molecular formula is C14H22N4O2. The number of benzene rings is 1. The minimum absolute atomic E-state index is 0.482. The lowest BCUT2D eigenvalue weighted by molar-refractivity contribution is 0.194. The highest BCUT2D eigenvalue weighted by Crippen LogP contribution is 2.24. The summed E-state index contributed by atoms with van der Waals surface area (Å²) in [5.74, 6) is 0. The lowest BCUT2D eigenvalue weighted by Gasteiger charge is -2.32. The summed E-state index contributed by atoms with van der Waals surface area (Å²) in [5, 5.41) is 14.3. The third-order valence-electron chi connectivity index (χ3n) is 3.75. The van der Waals surface area contributed by atoms with Gasteiger partial charge in [0.25, 0.3) is 0 Å². The Balaban J connectivity index is 1.94. The minimum atomic E-state index is -1.09. The van der Waals surface area contributed by atoms with Crippen LogP contribution in [0.25, 0.3) is 0 Å². The van der Waals surface area contributed by atoms with Crippen molar-refractivity contribution in [3.05, 3.63) is 18.2 Å². The number of piperidine rings is 1. The zero-order valence-electron chi connectivity index (χ0n) is 11.7. The second kappa shape index (κ2) is 6.47. The molecule has 1 aliphatic rings. The Labute approximate surface area is 119 Å². The van der Waals surface area contributed by atoms with Crippen molar-refractivity contribution >= 4 is 23.2 Å². The first-order chi connectivity index (χ1) is 9.56. The van der Waals surface area contributed by atoms with Crippen LogP contribution in [0.2, 0.25) is 0 Å². The smallest absolute Gasteiger partial charge is 0.409 e. The zero-order chi connectivity index (χ0) is 14.5. The average Bonchev–Trinajstić information content (AvgIpc) is 2.39. The van der Waals surface area contributed by atoms with Crippen LogP contribution in [0.5, 0.6) is 0 Å². The molecule has 0 spiro atoms. The molecule has 20 heavy (non-hydrogen) atoms. The number of hydrogen-bond donors (Lipinski definition) is 4. The van der Waals surface area contributed by atoms with Crippen LogP contribution in [-0.2, 0) is 0 Å². The summed E-state index contributed by atoms with van der Waals surface area (Å²) in [6.45, 7) is 2.00. The molecule has 1 aliphatic heterocycles. The summed E-state index contributed by atoms with van der Waals surface area (Å²) in [5.41, 5.74) is 7.82. The Bertz CT molecular complexity index is 478. The van der Waals surface area contributed by atoms with Gasteiger partial charge in [0.2, 0.25) is 0 Å². The van der Waals surface area contributed by atoms with E-state index in [-0.39, 0.29) is 0 Å². The van der Waals surface area contributed by atoms with Crippen molar-refractivity contribution in [3.8, 4) is 0 Å². The molecule has 1 aromatic carbocycles. The maximum absolute atomic E-state index is 10.6. The highest BCUT2D eigenvalue weighted by atomic mass is 16.4. The number of hydrogen-bond acceptors (Lipinski definition) is 4. The van der Waals surface area contributed by atoms with E-state index in [9.17, 15) is 4.79 Å². The van der Waals surface area contributed by atoms with E-state index >= 15 is 0 Å². The van der Waals surface area contributed by atoms with E-state index in [0.717, 1.165) is 18.8 Å². The van der Waals surface area contributed by atoms with E-state index in [1.54, 1.807) is 12.1 Å². The van der Waals surface area contributed by atoms with E-state index in [0.29, 0.717) is 17.4 Å². The van der Waals surface area contributed by atoms with Gasteiger partial charge in [-0.15, -0.1) is 0 Å². The van der Waals surface area contributed by atoms with Gasteiger partial charge in [-0.2, -0.15) is 0 Å². The maximum atomic E-state index is 10.6. The molecule has 0 radical (unpaired) electrons. The van der Waals surface area contributed by atoms with Gasteiger partial charge < -0.3 is 21.1 Å². The molecule has 1 saturated heterocycles. The van der Waals surface area contributed by atoms with Gasteiger partial charge in [0.05, 0.1) is 11.4 Å². The monoisotopic (exact) mass is 278 g/mol. The minimum Gasteiger partial charge on any atom is -0.465 e. The first-order valence-electron chi connectivity index (χ1n) is 6.90. The van der Waals surface area contributed by atoms with Crippen molar-refractivity contribution in [1.82, 2.24) is 4.90 Å². The van der Waals surface area contributed by atoms with Crippen LogP contribution in [0.3, 0.4) is 0 Å². The van der Waals surface area contributed by atoms with Gasteiger partial charge in [-0.25, -0.2) is 4.79 Å². The van der Waals surface area contributed by atoms with Crippen LogP contribution >= 0.6 is 0 Å². The fourth-order valence-electron chi connectivity index (χ4n) is 2.55. The Hall–Kier alpha value is -1.95. The lowest BCUT2D eigenvalue weighted by atomic mass is 10.0. The third kappa shape index (κ3) is 3.77. The average molecular weight is 278 g/mol. The molecule has 0 saturated carbocycles. The number of anilines is 3. The first-order valence-corrected chi connectivity index (χ1v) is 6.90. The van der Waals surface area contributed by atoms with Gasteiger partial charge >= 0.3 is 6.09 Å². The Morgan fingerprint density at radius 1 is 1.50 bits per heavy atom. The highest BCUT2D eigenvalue weighted by molar-refractivity contribution is 5.85. The number of likely N-dealkylation sites (N-methyl/N-ethyl adjacent to an activating group) is 1. The fraction of sp³-hybridized carbons (Fsp3) is 0.500. The molecule has 1 fully saturated rings. The number of likely N-dealkylation sites (tertiary alicyclic amines) is 1. The topological polar surface area (TPSA) is 90.6 Å². The summed E-state index contributed by atoms with van der Waals surface area (Å²) < 4.78 is 0. The SMILES string of the molecule is CN1CCCCC1CNc1ccc(NC(=O)O)cc1N. The van der Waals surface area contributed by atoms with Crippen LogP contribution in [-0.4, -0.2) is 42.3 Å². The van der Waals surface area contributed by atoms with Gasteiger partial charge in [0.15, 0.2) is 0 Å². The van der Waals surface area contributed by atoms with Crippen molar-refractivity contribution in [1.29, 1.82) is 0 Å². The summed E-state index contributed by atoms with van der Waals surface area (Å²) in [6.07, 6.45) is 2.65. The standard InChI is InChI=1S/C14H22N4O2/c1-18-7-3-2-4-11(18)9-16-13-6-5-10(8-12(13)15)17-14(19)20/h5-6,8,11,16-17H,2-4,7,9,15H2,1H3,(H,19,20). The largest absolute Gasteiger partial charge is 0.465 e. The summed E-state index contributed by atoms with van der Waals surface area (Å²) in [7, 11) is 2.15. The number of rotatable bonds is 4. The predicted octanol–water partition coefficient (Wildman–Crippen LogP) is 2.25. The quantitative estimate of drug-likeness (QED) is 0.634. The Morgan fingerprint density at radius 3 is 2.95 bits per heavy atom. The maximum Gasteiger partial charge on any atom is 0.409 e. The number of carboxylic acid groups (broad SMARTS) is 1. The molecule has 1 amide bonds. The summed E-state index contributed by atoms with van der Waals surface area (Å²) in [6, 6.07) is 5.67. The number of carbonyl (C=O) groups is 1. The molecule has 0 aromatic heterocycles. The number of nitrogens with one attached hydrogen (secondary N) is 2. The van der Waals surface area contributed by atoms with Crippen LogP contribution < -0.4 is 16.4 Å². The zero-order valence-corrected chi connectivity index (χ0v) is 11.7. The molecule has 6 heteroatoms. The second-order valence-corrected chi connectivity index (χ2v) is 5.24. The number of nitrogen functional groups attached to an aromatic ring is 1. The number of nitrogens with zero attached hydrogens (tertiary/aromatic N) is 1. The normalized spacial score (nSPS) is 19.6. The first kappa shape index (κ1) is 14.5. The molecule has 1 aromatic rings. The Morgan fingerprint density at radius 2 is 2.30 bits per heavy atom. The molecule has 1 unspecified atom stereocenters. The van der Waals surface area contributed by atoms with Gasteiger partial charge in [-0.1, -0.05) is 6.42 Å². The van der Waals surface area contributed by atoms with Crippen molar-refractivity contribution in [3.63, 3.8) is 0 Å². The van der Waals surface area contributed by atoms with Crippen LogP contribution in [0.15, 0.2) is 18.2 Å². The van der Waals surface area contributed by atoms with Crippen molar-refractivity contribution < 1.29 is 9.90 Å². The van der Waals surface area contributed by atoms with E-state index in [2.05, 4.69) is 22.6 Å². The molecular weight excluding hydrogens is 256 g/mol. The second-order valence-electron chi connectivity index (χ2n) is 5.24. The van der Waals surface area contributed by atoms with E-state index in [1.165, 1.54) is 19.3 Å². The molecule has 6 nitrogen and oxygen atoms in total. The van der Waals surface area contributed by atoms with Crippen LogP contribution in [0.1, 0.15) is 19.3 Å². The van der Waals surface area contributed by atoms with E-state index in [1.807, 2.05) is 6.07 Å². The highest BCUT2D eigenvalue weighted by Gasteiger charge is 2.18. The molecule has 1 atom stereocenters. The van der Waals surface area contributed by atoms with Crippen molar-refractivity contribution in [2.24, 2.45) is 0 Å². The van der Waals surface area contributed by atoms with Crippen LogP contribution in [0.4, 0.5) is 21.9 Å². The van der Waals surface area contributed by atoms with Crippen molar-refractivity contribution in [2.45, 2.75) is 25.3 Å². The molecule has 110 valence electrons. The molecule has 5 N–H and O–H groups in total. The predicted molar refractivity (Wildman–Crippen MR) is 81.3 cm³/mol. The molecule has 1 heterocycles. The molecule has 0 aliphatic carbocycles. The Kier molecular flexibility index (Phi) is 4.68. The number of amides is 1. The molecule has 0 bridgehead atoms. The van der Waals surface area contributed by atoms with Gasteiger partial charge in [0, 0.05) is 18.3 Å². The molecule has 2 rings (SSSR count). The third-order valence-corrected chi connectivity index (χ3v) is 3.75. The summed E-state index contributed by atoms with van der Waals surface area (Å²) >= 11 is 0. The lowest BCUT2D eigenvalue weighted by Crippen LogP contribution is -2.40. The van der Waals surface area contributed by atoms with Gasteiger partial charge in [-0.05, 0) is 44.6 Å². The van der Waals surface area contributed by atoms with E-state index < -0.39 is 6.09 Å². The van der Waals surface area contributed by atoms with Crippen molar-refractivity contribution in [2.75, 3.05) is 36.5 Å². The van der Waals surface area contributed by atoms with Gasteiger partial charge in [-0.3, -0.25) is 5.32 Å². The summed E-state index contributed by atoms with van der Waals surface area (Å²) in [4.78, 5) is 12.9. The number of nitrogens with two attached hydrogens (primary N) is 1. The van der Waals surface area contributed by atoms with E-state index in [4.69, 9.17) is 10.8 Å². The van der Waals surface area contributed by atoms with Gasteiger partial charge in [0.1, 0.15) is 0 Å².